The minimum absolute atomic E-state index is 0.452. The predicted octanol–water partition coefficient (Wildman–Crippen LogP) is 8.09. The molecule has 0 bridgehead atoms. The summed E-state index contributed by atoms with van der Waals surface area (Å²) in [5, 5.41) is 0. The van der Waals surface area contributed by atoms with Crippen molar-refractivity contribution in [2.45, 2.75) is 106 Å². The molecule has 9 atom stereocenters. The first-order chi connectivity index (χ1) is 14.2. The Morgan fingerprint density at radius 2 is 1.67 bits per heavy atom. The Bertz CT molecular complexity index is 661. The second-order valence-electron chi connectivity index (χ2n) is 12.7. The molecule has 170 valence electrons. The summed E-state index contributed by atoms with van der Waals surface area (Å²) in [6.07, 6.45) is 17.8. The smallest absolute Gasteiger partial charge is 0.133 e. The van der Waals surface area contributed by atoms with Crippen LogP contribution in [0.25, 0.3) is 0 Å². The third-order valence-corrected chi connectivity index (χ3v) is 11.2. The van der Waals surface area contributed by atoms with Crippen molar-refractivity contribution in [1.82, 2.24) is 0 Å². The summed E-state index contributed by atoms with van der Waals surface area (Å²) < 4.78 is 0. The molecule has 0 saturated heterocycles. The number of carbonyl (C=O) groups excluding carboxylic acids is 1. The molecule has 1 heteroatoms. The van der Waals surface area contributed by atoms with Gasteiger partial charge in [0.1, 0.15) is 5.78 Å². The molecule has 0 aromatic rings. The molecule has 4 aliphatic carbocycles. The lowest BCUT2D eigenvalue weighted by Gasteiger charge is -2.60. The third kappa shape index (κ3) is 3.65. The molecular formula is C29H48O. The first-order valence-electron chi connectivity index (χ1n) is 13.4. The average molecular weight is 413 g/mol. The van der Waals surface area contributed by atoms with Crippen molar-refractivity contribution in [3.8, 4) is 0 Å². The molecule has 0 amide bonds. The highest BCUT2D eigenvalue weighted by molar-refractivity contribution is 5.79. The van der Waals surface area contributed by atoms with Crippen molar-refractivity contribution in [3.63, 3.8) is 0 Å². The largest absolute Gasteiger partial charge is 0.300 e. The van der Waals surface area contributed by atoms with Gasteiger partial charge in [-0.2, -0.15) is 0 Å². The highest BCUT2D eigenvalue weighted by Crippen LogP contribution is 2.68. The molecule has 0 spiro atoms. The Morgan fingerprint density at radius 3 is 2.37 bits per heavy atom. The van der Waals surface area contributed by atoms with Gasteiger partial charge < -0.3 is 0 Å². The van der Waals surface area contributed by atoms with E-state index >= 15 is 0 Å². The molecule has 0 aliphatic heterocycles. The lowest BCUT2D eigenvalue weighted by Crippen LogP contribution is -2.53. The average Bonchev–Trinajstić information content (AvgIpc) is 3.06. The summed E-state index contributed by atoms with van der Waals surface area (Å²) >= 11 is 0. The topological polar surface area (TPSA) is 17.1 Å². The standard InChI is InChI=1S/C29H48O/c1-7-21(19(2)3)9-8-20(4)25-12-13-26-24-11-10-22-18-23(30)14-16-28(22,5)27(24)15-17-29(25,26)6/h8-9,19-22,24-27H,7,10-18H2,1-6H3/b9-8+/t20-,21+,22+,24+,25-,26-,27+,28+,29-/m1/s1. The van der Waals surface area contributed by atoms with Gasteiger partial charge in [-0.15, -0.1) is 0 Å². The first kappa shape index (κ1) is 22.6. The zero-order valence-electron chi connectivity index (χ0n) is 20.8. The number of allylic oxidation sites excluding steroid dienone is 2. The fourth-order valence-electron chi connectivity index (χ4n) is 9.23. The van der Waals surface area contributed by atoms with Crippen LogP contribution >= 0.6 is 0 Å². The van der Waals surface area contributed by atoms with E-state index in [2.05, 4.69) is 53.7 Å². The zero-order valence-corrected chi connectivity index (χ0v) is 20.8. The maximum atomic E-state index is 12.1. The van der Waals surface area contributed by atoms with Crippen LogP contribution in [0.3, 0.4) is 0 Å². The molecule has 4 rings (SSSR count). The van der Waals surface area contributed by atoms with Crippen molar-refractivity contribution >= 4 is 5.78 Å². The Kier molecular flexibility index (Phi) is 6.33. The van der Waals surface area contributed by atoms with E-state index in [1.165, 1.54) is 51.4 Å². The molecule has 0 N–H and O–H groups in total. The minimum Gasteiger partial charge on any atom is -0.300 e. The van der Waals surface area contributed by atoms with Crippen molar-refractivity contribution < 1.29 is 4.79 Å². The highest BCUT2D eigenvalue weighted by Gasteiger charge is 2.60. The van der Waals surface area contributed by atoms with Crippen LogP contribution in [0.1, 0.15) is 106 Å². The molecule has 1 nitrogen and oxygen atoms in total. The monoisotopic (exact) mass is 412 g/mol. The number of Topliss-reactive ketones (excluding diaryl/α,β-unsaturated/α-hetero) is 1. The van der Waals surface area contributed by atoms with Crippen LogP contribution in [0, 0.1) is 58.2 Å². The number of hydrogen-bond acceptors (Lipinski definition) is 1. The number of carbonyl (C=O) groups is 1. The fourth-order valence-corrected chi connectivity index (χ4v) is 9.23. The van der Waals surface area contributed by atoms with Crippen molar-refractivity contribution in [3.05, 3.63) is 12.2 Å². The lowest BCUT2D eigenvalue weighted by atomic mass is 9.44. The van der Waals surface area contributed by atoms with Gasteiger partial charge in [-0.25, -0.2) is 0 Å². The highest BCUT2D eigenvalue weighted by atomic mass is 16.1. The number of fused-ring (bicyclic) bond motifs is 5. The second kappa shape index (κ2) is 8.40. The summed E-state index contributed by atoms with van der Waals surface area (Å²) in [7, 11) is 0. The van der Waals surface area contributed by atoms with E-state index in [4.69, 9.17) is 0 Å². The molecular weight excluding hydrogens is 364 g/mol. The van der Waals surface area contributed by atoms with Crippen LogP contribution < -0.4 is 0 Å². The summed E-state index contributed by atoms with van der Waals surface area (Å²) in [6, 6.07) is 0. The molecule has 0 radical (unpaired) electrons. The van der Waals surface area contributed by atoms with Gasteiger partial charge in [0.2, 0.25) is 0 Å². The van der Waals surface area contributed by atoms with E-state index in [-0.39, 0.29) is 0 Å². The number of hydrogen-bond donors (Lipinski definition) is 0. The van der Waals surface area contributed by atoms with Gasteiger partial charge in [-0.05, 0) is 110 Å². The lowest BCUT2D eigenvalue weighted by molar-refractivity contribution is -0.140. The second-order valence-corrected chi connectivity index (χ2v) is 12.7. The number of rotatable bonds is 5. The Morgan fingerprint density at radius 1 is 0.933 bits per heavy atom. The molecule has 4 saturated carbocycles. The van der Waals surface area contributed by atoms with Crippen LogP contribution in [0.2, 0.25) is 0 Å². The van der Waals surface area contributed by atoms with E-state index in [0.717, 1.165) is 48.3 Å². The van der Waals surface area contributed by atoms with Gasteiger partial charge in [0.05, 0.1) is 0 Å². The summed E-state index contributed by atoms with van der Waals surface area (Å²) in [4.78, 5) is 12.1. The summed E-state index contributed by atoms with van der Waals surface area (Å²) in [6.45, 7) is 14.8. The van der Waals surface area contributed by atoms with Gasteiger partial charge in [-0.1, -0.05) is 53.7 Å². The molecule has 4 fully saturated rings. The third-order valence-electron chi connectivity index (χ3n) is 11.2. The molecule has 30 heavy (non-hydrogen) atoms. The van der Waals surface area contributed by atoms with E-state index in [1.54, 1.807) is 0 Å². The van der Waals surface area contributed by atoms with E-state index < -0.39 is 0 Å². The Hall–Kier alpha value is -0.590. The maximum Gasteiger partial charge on any atom is 0.133 e. The zero-order chi connectivity index (χ0) is 21.7. The van der Waals surface area contributed by atoms with Gasteiger partial charge >= 0.3 is 0 Å². The van der Waals surface area contributed by atoms with Gasteiger partial charge in [0, 0.05) is 12.8 Å². The van der Waals surface area contributed by atoms with Crippen LogP contribution in [-0.4, -0.2) is 5.78 Å². The van der Waals surface area contributed by atoms with E-state index in [1.807, 2.05) is 0 Å². The summed E-state index contributed by atoms with van der Waals surface area (Å²) in [5.74, 6) is 7.04. The quantitative estimate of drug-likeness (QED) is 0.417. The van der Waals surface area contributed by atoms with E-state index in [9.17, 15) is 4.79 Å². The van der Waals surface area contributed by atoms with Crippen LogP contribution in [0.4, 0.5) is 0 Å². The van der Waals surface area contributed by atoms with Gasteiger partial charge in [-0.3, -0.25) is 4.79 Å². The first-order valence-corrected chi connectivity index (χ1v) is 13.4. The molecule has 0 aromatic carbocycles. The SMILES string of the molecule is CC[C@@H](/C=C/[C@@H](C)[C@H]1CC[C@@H]2[C@@H]3CC[C@H]4CC(=O)CC[C@]4(C)[C@H]3CC[C@@]21C)C(C)C. The van der Waals surface area contributed by atoms with Gasteiger partial charge in [0.15, 0.2) is 0 Å². The van der Waals surface area contributed by atoms with Crippen LogP contribution in [-0.2, 0) is 4.79 Å². The normalized spacial score (nSPS) is 45.8. The fraction of sp³-hybridized carbons (Fsp3) is 0.897. The molecule has 0 aromatic heterocycles. The summed E-state index contributed by atoms with van der Waals surface area (Å²) in [5.41, 5.74) is 0.992. The Balaban J connectivity index is 1.50. The molecule has 0 unspecified atom stereocenters. The molecule has 0 heterocycles. The van der Waals surface area contributed by atoms with Crippen molar-refractivity contribution in [1.29, 1.82) is 0 Å². The van der Waals surface area contributed by atoms with Crippen LogP contribution in [0.5, 0.6) is 0 Å². The molecule has 4 aliphatic rings. The minimum atomic E-state index is 0.452. The number of ketones is 1. The van der Waals surface area contributed by atoms with Crippen LogP contribution in [0.15, 0.2) is 12.2 Å². The van der Waals surface area contributed by atoms with Gasteiger partial charge in [0.25, 0.3) is 0 Å². The van der Waals surface area contributed by atoms with Crippen molar-refractivity contribution in [2.75, 3.05) is 0 Å². The van der Waals surface area contributed by atoms with E-state index in [0.29, 0.717) is 28.4 Å². The maximum absolute atomic E-state index is 12.1. The van der Waals surface area contributed by atoms with Crippen molar-refractivity contribution in [2.24, 2.45) is 58.2 Å². The predicted molar refractivity (Wildman–Crippen MR) is 127 cm³/mol. The Labute approximate surface area is 186 Å².